The standard InChI is InChI=1S/C34H40F4N4O7/c1-34(2,3)16-26(48-33(39)45)29-28(30(44)41-18-21-9-11-22(35)15-23(21)36)42-31(49-29)20-10-12-24(47-32(37)38)25(14-20)46-13-5-4-6-27(43)40-17-19-7-8-19/h9-12,14-15,19,26,32H,4-8,13,16-18H2,1-3H3,(H2,39,45)(H,40,43)(H,41,44)/t26-/m0/s1. The molecule has 1 atom stereocenters. The SMILES string of the molecule is CC(C)(C)C[C@H](OC(N)=O)c1oc(-c2ccc(OC(F)F)c(OCCCCC(=O)NCC3CC3)c2)nc1C(=O)NCc1ccc(F)cc1F. The van der Waals surface area contributed by atoms with Gasteiger partial charge in [-0.3, -0.25) is 9.59 Å². The zero-order valence-electron chi connectivity index (χ0n) is 27.5. The highest BCUT2D eigenvalue weighted by Crippen LogP contribution is 2.38. The smallest absolute Gasteiger partial charge is 0.405 e. The van der Waals surface area contributed by atoms with Gasteiger partial charge in [0.2, 0.25) is 11.8 Å². The summed E-state index contributed by atoms with van der Waals surface area (Å²) in [4.78, 5) is 41.6. The van der Waals surface area contributed by atoms with Crippen molar-refractivity contribution in [3.63, 3.8) is 0 Å². The molecular weight excluding hydrogens is 652 g/mol. The van der Waals surface area contributed by atoms with Crippen molar-refractivity contribution in [2.75, 3.05) is 13.2 Å². The maximum atomic E-state index is 14.3. The lowest BCUT2D eigenvalue weighted by Crippen LogP contribution is -2.27. The van der Waals surface area contributed by atoms with E-state index in [1.165, 1.54) is 24.3 Å². The molecule has 2 aromatic carbocycles. The first-order valence-corrected chi connectivity index (χ1v) is 15.9. The quantitative estimate of drug-likeness (QED) is 0.103. The lowest BCUT2D eigenvalue weighted by atomic mass is 9.88. The number of aromatic nitrogens is 1. The summed E-state index contributed by atoms with van der Waals surface area (Å²) >= 11 is 0. The van der Waals surface area contributed by atoms with Crippen LogP contribution in [0.5, 0.6) is 11.5 Å². The first-order chi connectivity index (χ1) is 23.2. The molecule has 1 fully saturated rings. The monoisotopic (exact) mass is 692 g/mol. The Hall–Kier alpha value is -4.82. The van der Waals surface area contributed by atoms with E-state index in [0.717, 1.165) is 18.9 Å². The summed E-state index contributed by atoms with van der Waals surface area (Å²) in [7, 11) is 0. The second-order valence-corrected chi connectivity index (χ2v) is 12.9. The van der Waals surface area contributed by atoms with Gasteiger partial charge in [-0.2, -0.15) is 8.78 Å². The van der Waals surface area contributed by atoms with Gasteiger partial charge in [0, 0.05) is 36.7 Å². The molecule has 3 amide bonds. The van der Waals surface area contributed by atoms with Gasteiger partial charge in [-0.15, -0.1) is 0 Å². The predicted molar refractivity (Wildman–Crippen MR) is 169 cm³/mol. The van der Waals surface area contributed by atoms with E-state index in [-0.39, 0.29) is 71.9 Å². The highest BCUT2D eigenvalue weighted by molar-refractivity contribution is 5.94. The molecule has 4 N–H and O–H groups in total. The molecule has 11 nitrogen and oxygen atoms in total. The molecule has 0 aliphatic heterocycles. The van der Waals surface area contributed by atoms with Gasteiger partial charge in [-0.05, 0) is 67.7 Å². The molecule has 1 heterocycles. The summed E-state index contributed by atoms with van der Waals surface area (Å²) in [5, 5.41) is 5.39. The number of rotatable bonds is 17. The van der Waals surface area contributed by atoms with E-state index in [1.54, 1.807) is 0 Å². The van der Waals surface area contributed by atoms with Crippen LogP contribution in [0.1, 0.15) is 87.2 Å². The number of primary amides is 1. The molecule has 3 aromatic rings. The zero-order valence-corrected chi connectivity index (χ0v) is 27.5. The third-order valence-corrected chi connectivity index (χ3v) is 7.42. The van der Waals surface area contributed by atoms with Crippen LogP contribution in [0.3, 0.4) is 0 Å². The molecule has 266 valence electrons. The van der Waals surface area contributed by atoms with Gasteiger partial charge < -0.3 is 35.0 Å². The van der Waals surface area contributed by atoms with E-state index in [4.69, 9.17) is 19.6 Å². The molecule has 1 aromatic heterocycles. The van der Waals surface area contributed by atoms with E-state index >= 15 is 0 Å². The number of nitrogens with two attached hydrogens (primary N) is 1. The fourth-order valence-electron chi connectivity index (χ4n) is 4.83. The minimum absolute atomic E-state index is 0.00468. The van der Waals surface area contributed by atoms with Crippen molar-refractivity contribution in [3.8, 4) is 23.0 Å². The summed E-state index contributed by atoms with van der Waals surface area (Å²) < 4.78 is 75.8. The van der Waals surface area contributed by atoms with E-state index in [0.29, 0.717) is 31.4 Å². The highest BCUT2D eigenvalue weighted by Gasteiger charge is 2.33. The van der Waals surface area contributed by atoms with Crippen LogP contribution in [0.4, 0.5) is 22.4 Å². The van der Waals surface area contributed by atoms with E-state index < -0.39 is 41.8 Å². The number of alkyl halides is 2. The van der Waals surface area contributed by atoms with Crippen LogP contribution >= 0.6 is 0 Å². The van der Waals surface area contributed by atoms with Crippen molar-refractivity contribution in [1.29, 1.82) is 0 Å². The number of carbonyl (C=O) groups excluding carboxylic acids is 3. The number of nitrogens with zero attached hydrogens (tertiary/aromatic N) is 1. The molecule has 15 heteroatoms. The lowest BCUT2D eigenvalue weighted by Gasteiger charge is -2.24. The van der Waals surface area contributed by atoms with E-state index in [1.807, 2.05) is 20.8 Å². The van der Waals surface area contributed by atoms with Crippen LogP contribution < -0.4 is 25.8 Å². The third-order valence-electron chi connectivity index (χ3n) is 7.42. The Morgan fingerprint density at radius 3 is 2.45 bits per heavy atom. The second-order valence-electron chi connectivity index (χ2n) is 12.9. The predicted octanol–water partition coefficient (Wildman–Crippen LogP) is 6.80. The Morgan fingerprint density at radius 2 is 1.80 bits per heavy atom. The molecule has 0 radical (unpaired) electrons. The molecule has 1 aliphatic carbocycles. The van der Waals surface area contributed by atoms with Crippen LogP contribution in [0, 0.1) is 23.0 Å². The molecule has 4 rings (SSSR count). The minimum Gasteiger partial charge on any atom is -0.490 e. The number of carbonyl (C=O) groups is 3. The van der Waals surface area contributed by atoms with Crippen molar-refractivity contribution in [3.05, 3.63) is 65.1 Å². The summed E-state index contributed by atoms with van der Waals surface area (Å²) in [5.41, 5.74) is 4.74. The molecular formula is C34H40F4N4O7. The Kier molecular flexibility index (Phi) is 12.5. The van der Waals surface area contributed by atoms with Crippen LogP contribution in [0.25, 0.3) is 11.5 Å². The number of ether oxygens (including phenoxy) is 3. The summed E-state index contributed by atoms with van der Waals surface area (Å²) in [6, 6.07) is 6.79. The number of halogens is 4. The number of nitrogens with one attached hydrogen (secondary N) is 2. The fraction of sp³-hybridized carbons (Fsp3) is 0.471. The molecule has 0 unspecified atom stereocenters. The molecule has 49 heavy (non-hydrogen) atoms. The normalized spacial score (nSPS) is 13.6. The van der Waals surface area contributed by atoms with Crippen LogP contribution in [0.2, 0.25) is 0 Å². The minimum atomic E-state index is -3.15. The van der Waals surface area contributed by atoms with Gasteiger partial charge in [0.15, 0.2) is 29.1 Å². The topological polar surface area (TPSA) is 155 Å². The summed E-state index contributed by atoms with van der Waals surface area (Å²) in [6.07, 6.45) is 1.30. The number of amides is 3. The Bertz CT molecular complexity index is 1620. The lowest BCUT2D eigenvalue weighted by molar-refractivity contribution is -0.121. The van der Waals surface area contributed by atoms with Gasteiger partial charge in [-0.25, -0.2) is 18.6 Å². The van der Waals surface area contributed by atoms with Gasteiger partial charge in [0.1, 0.15) is 11.6 Å². The van der Waals surface area contributed by atoms with Crippen molar-refractivity contribution < 1.29 is 50.6 Å². The number of hydrogen-bond acceptors (Lipinski definition) is 8. The van der Waals surface area contributed by atoms with Crippen LogP contribution in [-0.2, 0) is 16.1 Å². The third kappa shape index (κ3) is 11.7. The van der Waals surface area contributed by atoms with E-state index in [2.05, 4.69) is 20.4 Å². The zero-order chi connectivity index (χ0) is 35.7. The number of hydrogen-bond donors (Lipinski definition) is 3. The second kappa shape index (κ2) is 16.5. The first-order valence-electron chi connectivity index (χ1n) is 15.9. The molecule has 0 spiro atoms. The number of benzene rings is 2. The molecule has 0 saturated heterocycles. The van der Waals surface area contributed by atoms with Gasteiger partial charge in [0.05, 0.1) is 6.61 Å². The van der Waals surface area contributed by atoms with Crippen molar-refractivity contribution >= 4 is 17.9 Å². The largest absolute Gasteiger partial charge is 0.490 e. The van der Waals surface area contributed by atoms with Gasteiger partial charge >= 0.3 is 12.7 Å². The average molecular weight is 693 g/mol. The maximum Gasteiger partial charge on any atom is 0.405 e. The van der Waals surface area contributed by atoms with Crippen molar-refractivity contribution in [2.24, 2.45) is 17.1 Å². The first kappa shape index (κ1) is 37.0. The summed E-state index contributed by atoms with van der Waals surface area (Å²) in [5.74, 6) is -2.69. The summed E-state index contributed by atoms with van der Waals surface area (Å²) in [6.45, 7) is 2.80. The number of oxazole rings is 1. The fourth-order valence-corrected chi connectivity index (χ4v) is 4.83. The van der Waals surface area contributed by atoms with Gasteiger partial charge in [-0.1, -0.05) is 26.8 Å². The maximum absolute atomic E-state index is 14.3. The Labute approximate surface area is 280 Å². The molecule has 1 aliphatic rings. The Balaban J connectivity index is 1.59. The number of unbranched alkanes of at least 4 members (excludes halogenated alkanes) is 1. The van der Waals surface area contributed by atoms with E-state index in [9.17, 15) is 31.9 Å². The average Bonchev–Trinajstić information content (AvgIpc) is 3.73. The van der Waals surface area contributed by atoms with Crippen LogP contribution in [0.15, 0.2) is 40.8 Å². The highest BCUT2D eigenvalue weighted by atomic mass is 19.3. The van der Waals surface area contributed by atoms with Crippen molar-refractivity contribution in [1.82, 2.24) is 15.6 Å². The van der Waals surface area contributed by atoms with Gasteiger partial charge in [0.25, 0.3) is 5.91 Å². The Morgan fingerprint density at radius 1 is 1.04 bits per heavy atom. The molecule has 1 saturated carbocycles. The van der Waals surface area contributed by atoms with Crippen LogP contribution in [-0.4, -0.2) is 42.7 Å². The van der Waals surface area contributed by atoms with Crippen molar-refractivity contribution in [2.45, 2.75) is 78.6 Å². The molecule has 0 bridgehead atoms.